The summed E-state index contributed by atoms with van der Waals surface area (Å²) in [5, 5.41) is 23.1. The van der Waals surface area contributed by atoms with Crippen molar-refractivity contribution in [2.75, 3.05) is 0 Å². The van der Waals surface area contributed by atoms with Crippen LogP contribution in [0.3, 0.4) is 0 Å². The van der Waals surface area contributed by atoms with Crippen molar-refractivity contribution in [3.05, 3.63) is 39.4 Å². The van der Waals surface area contributed by atoms with Crippen molar-refractivity contribution in [2.45, 2.75) is 45.1 Å². The summed E-state index contributed by atoms with van der Waals surface area (Å²) in [5.41, 5.74) is 0.386. The van der Waals surface area contributed by atoms with Crippen LogP contribution in [-0.4, -0.2) is 27.9 Å². The Bertz CT molecular complexity index is 629. The van der Waals surface area contributed by atoms with E-state index in [1.54, 1.807) is 0 Å². The molecule has 0 radical (unpaired) electrons. The maximum absolute atomic E-state index is 12.5. The molecular formula is C16H20N2O5. The fourth-order valence-electron chi connectivity index (χ4n) is 3.09. The molecule has 1 amide bonds. The highest BCUT2D eigenvalue weighted by Gasteiger charge is 2.31. The average molecular weight is 320 g/mol. The summed E-state index contributed by atoms with van der Waals surface area (Å²) in [6.45, 7) is 1.52. The molecule has 0 aliphatic heterocycles. The molecule has 0 heterocycles. The normalized spacial score (nSPS) is 21.3. The summed E-state index contributed by atoms with van der Waals surface area (Å²) in [7, 11) is 0. The first-order valence-corrected chi connectivity index (χ1v) is 7.69. The molecule has 2 N–H and O–H groups in total. The third kappa shape index (κ3) is 3.85. The Balaban J connectivity index is 2.22. The molecule has 0 bridgehead atoms. The second-order valence-electron chi connectivity index (χ2n) is 5.87. The van der Waals surface area contributed by atoms with Crippen LogP contribution < -0.4 is 5.32 Å². The standard InChI is InChI=1S/C16H20N2O5/c1-10-11(7-5-9-14(10)18(22)23)15(19)17-13-8-4-2-3-6-12(13)16(20)21/h5,7,9,12-13H,2-4,6,8H2,1H3,(H,17,19)(H,20,21)/t12-,13-/m0/s1. The monoisotopic (exact) mass is 320 g/mol. The Morgan fingerprint density at radius 1 is 1.26 bits per heavy atom. The maximum Gasteiger partial charge on any atom is 0.308 e. The van der Waals surface area contributed by atoms with E-state index >= 15 is 0 Å². The van der Waals surface area contributed by atoms with E-state index < -0.39 is 28.8 Å². The molecule has 1 aromatic rings. The predicted octanol–water partition coefficient (Wildman–Crippen LogP) is 2.67. The quantitative estimate of drug-likeness (QED) is 0.503. The van der Waals surface area contributed by atoms with Gasteiger partial charge in [-0.05, 0) is 25.8 Å². The molecule has 7 nitrogen and oxygen atoms in total. The van der Waals surface area contributed by atoms with Crippen LogP contribution in [0.2, 0.25) is 0 Å². The summed E-state index contributed by atoms with van der Waals surface area (Å²) >= 11 is 0. The Kier molecular flexibility index (Phi) is 5.31. The molecule has 1 aliphatic carbocycles. The second-order valence-corrected chi connectivity index (χ2v) is 5.87. The lowest BCUT2D eigenvalue weighted by Crippen LogP contribution is -2.43. The highest BCUT2D eigenvalue weighted by Crippen LogP contribution is 2.25. The van der Waals surface area contributed by atoms with E-state index in [4.69, 9.17) is 0 Å². The van der Waals surface area contributed by atoms with E-state index in [1.807, 2.05) is 0 Å². The number of aliphatic carboxylic acids is 1. The van der Waals surface area contributed by atoms with Gasteiger partial charge in [-0.2, -0.15) is 0 Å². The Labute approximate surface area is 133 Å². The minimum Gasteiger partial charge on any atom is -0.481 e. The highest BCUT2D eigenvalue weighted by molar-refractivity contribution is 5.97. The zero-order valence-electron chi connectivity index (χ0n) is 12.9. The molecule has 2 atom stereocenters. The van der Waals surface area contributed by atoms with Crippen LogP contribution >= 0.6 is 0 Å². The molecule has 0 aromatic heterocycles. The van der Waals surface area contributed by atoms with Gasteiger partial charge in [0, 0.05) is 23.2 Å². The van der Waals surface area contributed by atoms with Gasteiger partial charge < -0.3 is 10.4 Å². The van der Waals surface area contributed by atoms with E-state index in [2.05, 4.69) is 5.32 Å². The number of carboxylic acids is 1. The van der Waals surface area contributed by atoms with Crippen LogP contribution in [0.25, 0.3) is 0 Å². The van der Waals surface area contributed by atoms with Gasteiger partial charge in [-0.3, -0.25) is 19.7 Å². The first-order valence-electron chi connectivity index (χ1n) is 7.69. The lowest BCUT2D eigenvalue weighted by molar-refractivity contribution is -0.385. The van der Waals surface area contributed by atoms with Crippen molar-refractivity contribution in [1.82, 2.24) is 5.32 Å². The number of carbonyl (C=O) groups excluding carboxylic acids is 1. The third-order valence-electron chi connectivity index (χ3n) is 4.40. The molecule has 124 valence electrons. The first kappa shape index (κ1) is 16.9. The SMILES string of the molecule is Cc1c(C(=O)N[C@H]2CCCCC[C@@H]2C(=O)O)cccc1[N+](=O)[O-]. The minimum atomic E-state index is -0.909. The van der Waals surface area contributed by atoms with E-state index in [0.29, 0.717) is 12.8 Å². The number of nitro groups is 1. The van der Waals surface area contributed by atoms with Gasteiger partial charge in [-0.25, -0.2) is 0 Å². The van der Waals surface area contributed by atoms with E-state index in [0.717, 1.165) is 19.3 Å². The molecule has 1 aromatic carbocycles. The maximum atomic E-state index is 12.5. The number of carbonyl (C=O) groups is 2. The summed E-state index contributed by atoms with van der Waals surface area (Å²) in [4.78, 5) is 34.3. The van der Waals surface area contributed by atoms with Gasteiger partial charge in [0.15, 0.2) is 0 Å². The number of nitrogens with one attached hydrogen (secondary N) is 1. The third-order valence-corrected chi connectivity index (χ3v) is 4.40. The first-order chi connectivity index (χ1) is 10.9. The zero-order chi connectivity index (χ0) is 17.0. The van der Waals surface area contributed by atoms with Crippen molar-refractivity contribution in [3.63, 3.8) is 0 Å². The van der Waals surface area contributed by atoms with Crippen LogP contribution in [0.1, 0.15) is 48.0 Å². The van der Waals surface area contributed by atoms with Crippen LogP contribution in [0, 0.1) is 23.0 Å². The van der Waals surface area contributed by atoms with Crippen LogP contribution in [0.4, 0.5) is 5.69 Å². The number of amides is 1. The molecule has 0 saturated heterocycles. The molecule has 23 heavy (non-hydrogen) atoms. The summed E-state index contributed by atoms with van der Waals surface area (Å²) in [6.07, 6.45) is 3.79. The summed E-state index contributed by atoms with van der Waals surface area (Å²) < 4.78 is 0. The smallest absolute Gasteiger partial charge is 0.308 e. The number of hydrogen-bond donors (Lipinski definition) is 2. The van der Waals surface area contributed by atoms with Crippen molar-refractivity contribution in [1.29, 1.82) is 0 Å². The van der Waals surface area contributed by atoms with Crippen molar-refractivity contribution < 1.29 is 19.6 Å². The van der Waals surface area contributed by atoms with Gasteiger partial charge in [0.2, 0.25) is 0 Å². The highest BCUT2D eigenvalue weighted by atomic mass is 16.6. The molecule has 1 saturated carbocycles. The molecule has 7 heteroatoms. The zero-order valence-corrected chi connectivity index (χ0v) is 12.9. The second kappa shape index (κ2) is 7.21. The van der Waals surface area contributed by atoms with Gasteiger partial charge >= 0.3 is 5.97 Å². The fraction of sp³-hybridized carbons (Fsp3) is 0.500. The summed E-state index contributed by atoms with van der Waals surface area (Å²) in [5.74, 6) is -1.97. The van der Waals surface area contributed by atoms with Crippen LogP contribution in [0.5, 0.6) is 0 Å². The van der Waals surface area contributed by atoms with Crippen LogP contribution in [0.15, 0.2) is 18.2 Å². The van der Waals surface area contributed by atoms with Crippen molar-refractivity contribution in [3.8, 4) is 0 Å². The molecule has 0 unspecified atom stereocenters. The number of carboxylic acid groups (broad SMARTS) is 1. The van der Waals surface area contributed by atoms with Gasteiger partial charge in [0.05, 0.1) is 10.8 Å². The summed E-state index contributed by atoms with van der Waals surface area (Å²) in [6, 6.07) is 3.88. The fourth-order valence-corrected chi connectivity index (χ4v) is 3.09. The molecule has 0 spiro atoms. The molecule has 2 rings (SSSR count). The van der Waals surface area contributed by atoms with Gasteiger partial charge in [-0.1, -0.05) is 25.3 Å². The largest absolute Gasteiger partial charge is 0.481 e. The average Bonchev–Trinajstić information content (AvgIpc) is 2.72. The molecule has 1 fully saturated rings. The van der Waals surface area contributed by atoms with Crippen LogP contribution in [-0.2, 0) is 4.79 Å². The Morgan fingerprint density at radius 2 is 1.96 bits per heavy atom. The number of nitrogens with zero attached hydrogens (tertiary/aromatic N) is 1. The van der Waals surface area contributed by atoms with Crippen molar-refractivity contribution in [2.24, 2.45) is 5.92 Å². The van der Waals surface area contributed by atoms with E-state index in [9.17, 15) is 24.8 Å². The van der Waals surface area contributed by atoms with E-state index in [-0.39, 0.29) is 16.8 Å². The number of nitro benzene ring substituents is 1. The predicted molar refractivity (Wildman–Crippen MR) is 83.3 cm³/mol. The number of hydrogen-bond acceptors (Lipinski definition) is 4. The molecule has 1 aliphatic rings. The minimum absolute atomic E-state index is 0.117. The van der Waals surface area contributed by atoms with Gasteiger partial charge in [0.1, 0.15) is 0 Å². The number of rotatable bonds is 4. The number of benzene rings is 1. The van der Waals surface area contributed by atoms with Gasteiger partial charge in [0.25, 0.3) is 11.6 Å². The Morgan fingerprint density at radius 3 is 2.61 bits per heavy atom. The topological polar surface area (TPSA) is 110 Å². The lowest BCUT2D eigenvalue weighted by atomic mass is 9.94. The van der Waals surface area contributed by atoms with E-state index in [1.165, 1.54) is 25.1 Å². The Hall–Kier alpha value is -2.44. The van der Waals surface area contributed by atoms with Crippen molar-refractivity contribution >= 4 is 17.6 Å². The lowest BCUT2D eigenvalue weighted by Gasteiger charge is -2.23. The van der Waals surface area contributed by atoms with Gasteiger partial charge in [-0.15, -0.1) is 0 Å². The molecular weight excluding hydrogens is 300 g/mol.